The van der Waals surface area contributed by atoms with Crippen LogP contribution in [-0.2, 0) is 9.53 Å². The summed E-state index contributed by atoms with van der Waals surface area (Å²) in [5.41, 5.74) is 0. The van der Waals surface area contributed by atoms with Crippen LogP contribution in [0.15, 0.2) is 36.1 Å². The van der Waals surface area contributed by atoms with Crippen LogP contribution in [0.25, 0.3) is 0 Å². The van der Waals surface area contributed by atoms with Gasteiger partial charge in [-0.3, -0.25) is 0 Å². The van der Waals surface area contributed by atoms with Gasteiger partial charge in [0.15, 0.2) is 6.10 Å². The number of carbonyl (C=O) groups is 1. The lowest BCUT2D eigenvalue weighted by Gasteiger charge is -2.01. The van der Waals surface area contributed by atoms with Crippen LogP contribution in [0.5, 0.6) is 0 Å². The second-order valence-electron chi connectivity index (χ2n) is 5.40. The van der Waals surface area contributed by atoms with E-state index < -0.39 is 5.97 Å². The van der Waals surface area contributed by atoms with Crippen molar-refractivity contribution >= 4 is 5.97 Å². The summed E-state index contributed by atoms with van der Waals surface area (Å²) >= 11 is 0. The summed E-state index contributed by atoms with van der Waals surface area (Å²) in [6.45, 7) is 2.13. The number of epoxide rings is 1. The Balaban J connectivity index is 1.92. The van der Waals surface area contributed by atoms with Crippen molar-refractivity contribution in [3.05, 3.63) is 36.1 Å². The van der Waals surface area contributed by atoms with E-state index in [0.29, 0.717) is 6.10 Å². The van der Waals surface area contributed by atoms with E-state index in [2.05, 4.69) is 37.3 Å². The maximum atomic E-state index is 10.2. The zero-order chi connectivity index (χ0) is 15.3. The third-order valence-electron chi connectivity index (χ3n) is 3.44. The average molecular weight is 291 g/mol. The molecule has 0 amide bonds. The number of unbranched alkanes of at least 4 members (excludes halogenated alkanes) is 5. The van der Waals surface area contributed by atoms with Crippen LogP contribution in [0.2, 0.25) is 0 Å². The average Bonchev–Trinajstić information content (AvgIpc) is 3.19. The molecular formula is C18H27O3-. The van der Waals surface area contributed by atoms with Crippen molar-refractivity contribution in [1.82, 2.24) is 0 Å². The van der Waals surface area contributed by atoms with Gasteiger partial charge in [0, 0.05) is 12.4 Å². The molecule has 118 valence electrons. The van der Waals surface area contributed by atoms with Crippen molar-refractivity contribution in [2.75, 3.05) is 0 Å². The fourth-order valence-electron chi connectivity index (χ4n) is 2.15. The minimum Gasteiger partial charge on any atom is -0.550 e. The maximum absolute atomic E-state index is 10.2. The fourth-order valence-corrected chi connectivity index (χ4v) is 2.15. The molecule has 1 rings (SSSR count). The van der Waals surface area contributed by atoms with E-state index in [1.165, 1.54) is 0 Å². The molecule has 0 aromatic rings. The minimum absolute atomic E-state index is 0.197. The van der Waals surface area contributed by atoms with Crippen LogP contribution in [0, 0.1) is 0 Å². The van der Waals surface area contributed by atoms with Crippen LogP contribution >= 0.6 is 0 Å². The predicted octanol–water partition coefficient (Wildman–Crippen LogP) is 3.66. The van der Waals surface area contributed by atoms with Crippen molar-refractivity contribution < 1.29 is 14.6 Å². The molecule has 0 radical (unpaired) electrons. The topological polar surface area (TPSA) is 52.7 Å². The van der Waals surface area contributed by atoms with Crippen LogP contribution in [0.1, 0.15) is 64.7 Å². The lowest BCUT2D eigenvalue weighted by Crippen LogP contribution is -2.21. The monoisotopic (exact) mass is 291 g/mol. The Bertz CT molecular complexity index is 380. The van der Waals surface area contributed by atoms with E-state index in [0.717, 1.165) is 57.1 Å². The van der Waals surface area contributed by atoms with Gasteiger partial charge < -0.3 is 14.6 Å². The lowest BCUT2D eigenvalue weighted by molar-refractivity contribution is -0.305. The van der Waals surface area contributed by atoms with Crippen LogP contribution < -0.4 is 5.11 Å². The Hall–Kier alpha value is -1.51. The first-order chi connectivity index (χ1) is 10.2. The third kappa shape index (κ3) is 9.94. The molecule has 0 aliphatic carbocycles. The summed E-state index contributed by atoms with van der Waals surface area (Å²) in [5.74, 6) is 0.158. The molecule has 1 aliphatic rings. The smallest absolute Gasteiger partial charge is 0.159 e. The van der Waals surface area contributed by atoms with Crippen LogP contribution in [-0.4, -0.2) is 12.1 Å². The quantitative estimate of drug-likeness (QED) is 0.313. The van der Waals surface area contributed by atoms with Gasteiger partial charge in [0.2, 0.25) is 0 Å². The van der Waals surface area contributed by atoms with Gasteiger partial charge in [-0.15, -0.1) is 0 Å². The molecule has 0 bridgehead atoms. The van der Waals surface area contributed by atoms with E-state index in [-0.39, 0.29) is 6.42 Å². The minimum atomic E-state index is -0.934. The highest BCUT2D eigenvalue weighted by Gasteiger charge is 2.29. The molecule has 0 aromatic heterocycles. The van der Waals surface area contributed by atoms with Crippen LogP contribution in [0.3, 0.4) is 0 Å². The number of carboxylic acid groups (broad SMARTS) is 1. The fraction of sp³-hybridized carbons (Fsp3) is 0.611. The molecular weight excluding hydrogens is 264 g/mol. The first-order valence-corrected chi connectivity index (χ1v) is 8.12. The van der Waals surface area contributed by atoms with Crippen molar-refractivity contribution in [3.63, 3.8) is 0 Å². The molecule has 1 saturated heterocycles. The van der Waals surface area contributed by atoms with Gasteiger partial charge in [0.25, 0.3) is 0 Å². The first kappa shape index (κ1) is 17.5. The molecule has 1 fully saturated rings. The first-order valence-electron chi connectivity index (χ1n) is 8.12. The Kier molecular flexibility index (Phi) is 9.34. The predicted molar refractivity (Wildman–Crippen MR) is 83.5 cm³/mol. The number of hydrogen-bond donors (Lipinski definition) is 0. The molecule has 0 spiro atoms. The van der Waals surface area contributed by atoms with Gasteiger partial charge in [-0.05, 0) is 38.2 Å². The second kappa shape index (κ2) is 11.2. The maximum Gasteiger partial charge on any atom is 0.159 e. The summed E-state index contributed by atoms with van der Waals surface area (Å²) in [5, 5.41) is 10.2. The number of hydrogen-bond acceptors (Lipinski definition) is 3. The van der Waals surface area contributed by atoms with Crippen molar-refractivity contribution in [3.8, 4) is 0 Å². The number of rotatable bonds is 12. The van der Waals surface area contributed by atoms with Gasteiger partial charge in [-0.2, -0.15) is 0 Å². The SMILES string of the molecule is CC/C=C\C[C@@H]1OC1=C/C=C\CCCCCCCC(=O)[O-]. The summed E-state index contributed by atoms with van der Waals surface area (Å²) < 4.78 is 5.46. The van der Waals surface area contributed by atoms with Crippen molar-refractivity contribution in [2.24, 2.45) is 0 Å². The van der Waals surface area contributed by atoms with Gasteiger partial charge in [-0.25, -0.2) is 0 Å². The van der Waals surface area contributed by atoms with Gasteiger partial charge in [0.1, 0.15) is 5.76 Å². The zero-order valence-electron chi connectivity index (χ0n) is 13.1. The molecule has 0 aromatic carbocycles. The number of ether oxygens (including phenoxy) is 1. The highest BCUT2D eigenvalue weighted by molar-refractivity contribution is 5.64. The normalized spacial score (nSPS) is 19.5. The van der Waals surface area contributed by atoms with E-state index in [1.54, 1.807) is 0 Å². The van der Waals surface area contributed by atoms with Gasteiger partial charge in [0.05, 0.1) is 0 Å². The van der Waals surface area contributed by atoms with Gasteiger partial charge in [-0.1, -0.05) is 50.5 Å². The zero-order valence-corrected chi connectivity index (χ0v) is 13.1. The molecule has 0 N–H and O–H groups in total. The third-order valence-corrected chi connectivity index (χ3v) is 3.44. The molecule has 0 saturated carbocycles. The highest BCUT2D eigenvalue weighted by atomic mass is 16.6. The Morgan fingerprint density at radius 1 is 1.14 bits per heavy atom. The summed E-state index contributed by atoms with van der Waals surface area (Å²) in [7, 11) is 0. The highest BCUT2D eigenvalue weighted by Crippen LogP contribution is 2.30. The Morgan fingerprint density at radius 2 is 1.90 bits per heavy atom. The number of carbonyl (C=O) groups excluding carboxylic acids is 1. The van der Waals surface area contributed by atoms with E-state index in [9.17, 15) is 9.90 Å². The molecule has 3 nitrogen and oxygen atoms in total. The molecule has 1 heterocycles. The van der Waals surface area contributed by atoms with Gasteiger partial charge >= 0.3 is 0 Å². The largest absolute Gasteiger partial charge is 0.550 e. The Labute approximate surface area is 128 Å². The molecule has 3 heteroatoms. The molecule has 21 heavy (non-hydrogen) atoms. The van der Waals surface area contributed by atoms with E-state index >= 15 is 0 Å². The second-order valence-corrected chi connectivity index (χ2v) is 5.40. The number of allylic oxidation sites excluding steroid dienone is 4. The van der Waals surface area contributed by atoms with E-state index in [4.69, 9.17) is 4.74 Å². The molecule has 1 aliphatic heterocycles. The number of carboxylic acids is 1. The van der Waals surface area contributed by atoms with Crippen LogP contribution in [0.4, 0.5) is 0 Å². The summed E-state index contributed by atoms with van der Waals surface area (Å²) in [6.07, 6.45) is 19.5. The molecule has 0 unspecified atom stereocenters. The molecule has 1 atom stereocenters. The Morgan fingerprint density at radius 3 is 2.67 bits per heavy atom. The van der Waals surface area contributed by atoms with Crippen molar-refractivity contribution in [2.45, 2.75) is 70.8 Å². The van der Waals surface area contributed by atoms with E-state index in [1.807, 2.05) is 0 Å². The number of aliphatic carboxylic acids is 1. The summed E-state index contributed by atoms with van der Waals surface area (Å²) in [6, 6.07) is 0. The summed E-state index contributed by atoms with van der Waals surface area (Å²) in [4.78, 5) is 10.2. The van der Waals surface area contributed by atoms with Crippen molar-refractivity contribution in [1.29, 1.82) is 0 Å². The standard InChI is InChI=1S/C18H28O3/c1-2-3-10-13-16-17(21-16)14-11-8-6-4-5-7-9-12-15-18(19)20/h3,8,10-11,14,16H,2,4-7,9,12-13,15H2,1H3,(H,19,20)/p-1/b10-3-,11-8-,17-14?/t16-/m0/s1. The lowest BCUT2D eigenvalue weighted by atomic mass is 10.1.